The van der Waals surface area contributed by atoms with E-state index in [2.05, 4.69) is 0 Å². The van der Waals surface area contributed by atoms with E-state index in [0.717, 1.165) is 77.0 Å². The van der Waals surface area contributed by atoms with Crippen molar-refractivity contribution in [3.05, 3.63) is 0 Å². The summed E-state index contributed by atoms with van der Waals surface area (Å²) in [6, 6.07) is 0. The van der Waals surface area contributed by atoms with Crippen LogP contribution in [0.2, 0.25) is 0 Å². The van der Waals surface area contributed by atoms with Crippen molar-refractivity contribution < 1.29 is 115 Å². The number of hydrogen-bond acceptors (Lipinski definition) is 24. The van der Waals surface area contributed by atoms with Crippen LogP contribution in [0.3, 0.4) is 0 Å². The molecule has 0 aromatic carbocycles. The van der Waals surface area contributed by atoms with Crippen LogP contribution < -0.4 is 0 Å². The molecule has 16 aliphatic rings. The van der Waals surface area contributed by atoms with Gasteiger partial charge in [0.1, 0.15) is 42.2 Å². The Balaban J connectivity index is -0.000000626. The lowest BCUT2D eigenvalue weighted by Crippen LogP contribution is -2.67. The summed E-state index contributed by atoms with van der Waals surface area (Å²) in [5.74, 6) is -0.323. The Bertz CT molecular complexity index is 3040. The number of cyclic esters (lactones) is 2. The lowest BCUT2D eigenvalue weighted by Gasteiger charge is -2.62. The minimum atomic E-state index is -0.842. The largest absolute Gasteiger partial charge is 0.463 e. The summed E-state index contributed by atoms with van der Waals surface area (Å²) in [5, 5.41) is 31.9. The summed E-state index contributed by atoms with van der Waals surface area (Å²) >= 11 is 0. The average molecular weight is 1630 g/mol. The maximum absolute atomic E-state index is 12.4. The number of esters is 10. The monoisotopic (exact) mass is 1630 g/mol. The number of carbonyl (C=O) groups is 10. The summed E-state index contributed by atoms with van der Waals surface area (Å²) in [6.07, 6.45) is 14.3. The zero-order valence-corrected chi connectivity index (χ0v) is 63.8. The van der Waals surface area contributed by atoms with Gasteiger partial charge in [0.05, 0.1) is 80.8 Å². The lowest BCUT2D eigenvalue weighted by molar-refractivity contribution is -0.264. The Morgan fingerprint density at radius 1 is 0.447 bits per heavy atom. The third-order valence-electron chi connectivity index (χ3n) is 25.7. The standard InChI is InChI=1S/C16H26O4.C15H24O3.C14H20O4.C13H18O5.2C10H16O4.12CH4/c1-4-13(2,3)12(17)20-16-7-11-5-14(18,9-16)8-15(19,6-11)10-16;1-3-10(2)13(16)18-15-7-11-4-12(8-15)6-14(17,5-11)9-15;1-4-14(2,3)13(16)18-10-7-5-8-9(6-7)12(15)17-11(8)10;1-4-13(2,3)12(15)18-9-7-5-6-8(16-7)10(9)17-11(6)14;1-4-10(2,3)9(12)14-7-5-8(11)13-6-7;1-4-10(2,3)9(12)14-7-5-6-13-8(7)11;;;;;;;;;;;;/h11,18-19H,4-10H2,1-3H3;10-12,17H,3-9H2,1-2H3;7-11H,4-6H2,1-3H3;6-10H,4-5H2,1-3H3;2*7H,4-6H2,1-3H3;12*1H4. The molecule has 24 nitrogen and oxygen atoms in total. The number of hydrogen-bond donors (Lipinski definition) is 3. The summed E-state index contributed by atoms with van der Waals surface area (Å²) in [6.45, 7) is 32.8. The van der Waals surface area contributed by atoms with Crippen LogP contribution in [0, 0.1) is 74.4 Å². The fourth-order valence-electron chi connectivity index (χ4n) is 17.9. The van der Waals surface area contributed by atoms with Crippen molar-refractivity contribution in [3.8, 4) is 0 Å². The third-order valence-corrected chi connectivity index (χ3v) is 25.7. The molecular weight excluding hydrogens is 1460 g/mol. The first-order valence-corrected chi connectivity index (χ1v) is 38.2. The first kappa shape index (κ1) is 115. The highest BCUT2D eigenvalue weighted by atomic mass is 16.7. The van der Waals surface area contributed by atoms with E-state index in [1.165, 1.54) is 6.42 Å². The van der Waals surface area contributed by atoms with E-state index in [1.54, 1.807) is 13.8 Å². The van der Waals surface area contributed by atoms with Gasteiger partial charge in [-0.3, -0.25) is 43.2 Å². The molecule has 0 aromatic rings. The zero-order chi connectivity index (χ0) is 75.5. The van der Waals surface area contributed by atoms with Crippen molar-refractivity contribution in [2.45, 2.75) is 431 Å². The molecule has 3 N–H and O–H groups in total. The molecule has 114 heavy (non-hydrogen) atoms. The van der Waals surface area contributed by atoms with Gasteiger partial charge in [0.15, 0.2) is 12.2 Å². The van der Waals surface area contributed by atoms with Gasteiger partial charge in [-0.2, -0.15) is 0 Å². The number of carbonyl (C=O) groups excluding carboxylic acids is 10. The first-order valence-electron chi connectivity index (χ1n) is 38.2. The van der Waals surface area contributed by atoms with Gasteiger partial charge in [-0.15, -0.1) is 0 Å². The van der Waals surface area contributed by atoms with Gasteiger partial charge in [0, 0.05) is 43.9 Å². The smallest absolute Gasteiger partial charge is 0.347 e. The van der Waals surface area contributed by atoms with E-state index < -0.39 is 73.8 Å². The highest BCUT2D eigenvalue weighted by molar-refractivity contribution is 5.83. The molecule has 12 bridgehead atoms. The second kappa shape index (κ2) is 43.0. The Morgan fingerprint density at radius 3 is 1.32 bits per heavy atom. The highest BCUT2D eigenvalue weighted by Gasteiger charge is 2.68. The minimum Gasteiger partial charge on any atom is -0.463 e. The lowest BCUT2D eigenvalue weighted by atomic mass is 9.50. The summed E-state index contributed by atoms with van der Waals surface area (Å²) in [5.41, 5.74) is -5.68. The fraction of sp³-hybridized carbons (Fsp3) is 0.889. The van der Waals surface area contributed by atoms with Gasteiger partial charge >= 0.3 is 59.7 Å². The van der Waals surface area contributed by atoms with E-state index in [9.17, 15) is 63.3 Å². The summed E-state index contributed by atoms with van der Waals surface area (Å²) < 4.78 is 58.9. The first-order chi connectivity index (χ1) is 47.3. The Kier molecular flexibility index (Phi) is 43.3. The topological polar surface area (TPSA) is 333 Å². The molecule has 6 saturated heterocycles. The van der Waals surface area contributed by atoms with Crippen LogP contribution in [0.5, 0.6) is 0 Å². The van der Waals surface area contributed by atoms with Gasteiger partial charge in [-0.05, 0) is 196 Å². The number of aliphatic hydroxyl groups is 3. The maximum atomic E-state index is 12.4. The predicted molar refractivity (Wildman–Crippen MR) is 446 cm³/mol. The molecule has 6 aliphatic heterocycles. The molecule has 6 heterocycles. The Morgan fingerprint density at radius 2 is 0.877 bits per heavy atom. The molecule has 17 unspecified atom stereocenters. The molecule has 10 saturated carbocycles. The second-order valence-electron chi connectivity index (χ2n) is 36.1. The van der Waals surface area contributed by atoms with Crippen molar-refractivity contribution in [3.63, 3.8) is 0 Å². The quantitative estimate of drug-likeness (QED) is 0.0847. The van der Waals surface area contributed by atoms with Crippen LogP contribution in [-0.4, -0.2) is 165 Å². The Hall–Kier alpha value is -5.46. The van der Waals surface area contributed by atoms with Gasteiger partial charge in [0.25, 0.3) is 0 Å². The van der Waals surface area contributed by atoms with E-state index in [0.29, 0.717) is 88.1 Å². The molecule has 0 spiro atoms. The zero-order valence-electron chi connectivity index (χ0n) is 63.8. The second-order valence-corrected chi connectivity index (χ2v) is 36.1. The van der Waals surface area contributed by atoms with Crippen molar-refractivity contribution >= 4 is 59.7 Å². The molecule has 0 amide bonds. The molecule has 17 atom stereocenters. The average Bonchev–Trinajstić information content (AvgIpc) is 1.17. The fourth-order valence-corrected chi connectivity index (χ4v) is 17.9. The molecular formula is C90H168O24. The Labute approximate surface area is 690 Å². The van der Waals surface area contributed by atoms with Gasteiger partial charge in [-0.25, -0.2) is 4.79 Å². The molecule has 16 rings (SSSR count). The van der Waals surface area contributed by atoms with Crippen LogP contribution >= 0.6 is 0 Å². The van der Waals surface area contributed by atoms with Gasteiger partial charge < -0.3 is 67.4 Å². The van der Waals surface area contributed by atoms with E-state index in [1.807, 2.05) is 104 Å². The van der Waals surface area contributed by atoms with E-state index in [4.69, 9.17) is 52.1 Å². The molecule has 0 radical (unpaired) electrons. The van der Waals surface area contributed by atoms with Crippen LogP contribution in [-0.2, 0) is 100 Å². The van der Waals surface area contributed by atoms with Crippen molar-refractivity contribution in [2.24, 2.45) is 74.4 Å². The van der Waals surface area contributed by atoms with E-state index in [-0.39, 0.29) is 216 Å². The SMILES string of the molecule is C.C.C.C.C.C.C.C.C.C.C.C.CCC(C)(C)C(=O)OC12CC3CC(O)(CC(O)(C3)C1)C2.CCC(C)(C)C(=O)OC1C2CC3C(=O)OC1C3C2.CCC(C)(C)C(=O)OC1C2CC3C(=O)OC1C3O2.CCC(C)(C)C(=O)OC1CCOC1=O.CCC(C)(C)C(=O)OC1COC(=O)C1.CCC(C)C(=O)OC12CC3CC(CC(O)(C3)C1)C2. The van der Waals surface area contributed by atoms with Crippen molar-refractivity contribution in [1.29, 1.82) is 0 Å². The molecule has 672 valence electrons. The van der Waals surface area contributed by atoms with Crippen LogP contribution in [0.4, 0.5) is 0 Å². The molecule has 0 aromatic heterocycles. The number of rotatable bonds is 18. The van der Waals surface area contributed by atoms with E-state index >= 15 is 0 Å². The minimum absolute atomic E-state index is 0. The predicted octanol–water partition coefficient (Wildman–Crippen LogP) is 18.0. The summed E-state index contributed by atoms with van der Waals surface area (Å²) in [7, 11) is 0. The van der Waals surface area contributed by atoms with Crippen molar-refractivity contribution in [2.75, 3.05) is 13.2 Å². The van der Waals surface area contributed by atoms with Gasteiger partial charge in [-0.1, -0.05) is 138 Å². The van der Waals surface area contributed by atoms with Gasteiger partial charge in [0.2, 0.25) is 6.10 Å². The summed E-state index contributed by atoms with van der Waals surface area (Å²) in [4.78, 5) is 117. The molecule has 24 heteroatoms. The number of fused-ring (bicyclic) bond motifs is 2. The number of ether oxygens (including phenoxy) is 11. The third kappa shape index (κ3) is 25.1. The molecule has 16 fully saturated rings. The highest BCUT2D eigenvalue weighted by Crippen LogP contribution is 2.62. The van der Waals surface area contributed by atoms with Crippen LogP contribution in [0.25, 0.3) is 0 Å². The molecule has 10 aliphatic carbocycles. The maximum Gasteiger partial charge on any atom is 0.347 e. The normalized spacial score (nSPS) is 33.9. The van der Waals surface area contributed by atoms with Crippen LogP contribution in [0.1, 0.15) is 355 Å². The van der Waals surface area contributed by atoms with Crippen LogP contribution in [0.15, 0.2) is 0 Å². The van der Waals surface area contributed by atoms with Crippen molar-refractivity contribution in [1.82, 2.24) is 0 Å².